The van der Waals surface area contributed by atoms with Crippen molar-refractivity contribution in [3.63, 3.8) is 0 Å². The van der Waals surface area contributed by atoms with Crippen LogP contribution < -0.4 is 5.32 Å². The van der Waals surface area contributed by atoms with Gasteiger partial charge in [0.25, 0.3) is 0 Å². The molecule has 0 bridgehead atoms. The molecule has 0 saturated carbocycles. The minimum atomic E-state index is -0.0467. The molecule has 5 rings (SSSR count). The fourth-order valence-corrected chi connectivity index (χ4v) is 4.63. The number of carbonyl (C=O) groups excluding carboxylic acids is 1. The molecule has 1 aliphatic heterocycles. The van der Waals surface area contributed by atoms with Gasteiger partial charge >= 0.3 is 6.03 Å². The van der Waals surface area contributed by atoms with Crippen molar-refractivity contribution in [1.82, 2.24) is 9.88 Å². The lowest BCUT2D eigenvalue weighted by Crippen LogP contribution is -2.42. The average molecular weight is 396 g/mol. The first-order valence-corrected chi connectivity index (χ1v) is 10.6. The van der Waals surface area contributed by atoms with Gasteiger partial charge in [0.05, 0.1) is 11.7 Å². The number of nitrogens with one attached hydrogen (secondary N) is 2. The number of rotatable bonds is 3. The van der Waals surface area contributed by atoms with E-state index in [1.165, 1.54) is 16.6 Å². The minimum absolute atomic E-state index is 0.0463. The molecule has 1 aromatic heterocycles. The van der Waals surface area contributed by atoms with Gasteiger partial charge in [-0.05, 0) is 36.1 Å². The number of para-hydroxylation sites is 2. The number of amides is 2. The molecule has 2 heterocycles. The van der Waals surface area contributed by atoms with Crippen molar-refractivity contribution in [1.29, 1.82) is 0 Å². The van der Waals surface area contributed by atoms with Gasteiger partial charge in [0, 0.05) is 28.7 Å². The summed E-state index contributed by atoms with van der Waals surface area (Å²) in [5.41, 5.74) is 6.64. The molecule has 4 nitrogen and oxygen atoms in total. The van der Waals surface area contributed by atoms with Gasteiger partial charge in [-0.2, -0.15) is 0 Å². The van der Waals surface area contributed by atoms with E-state index in [0.29, 0.717) is 6.54 Å². The molecule has 2 amide bonds. The van der Waals surface area contributed by atoms with Gasteiger partial charge in [-0.3, -0.25) is 0 Å². The number of carbonyl (C=O) groups is 1. The summed E-state index contributed by atoms with van der Waals surface area (Å²) in [6.45, 7) is 2.86. The Bertz CT molecular complexity index is 1200. The highest BCUT2D eigenvalue weighted by molar-refractivity contribution is 5.95. The Balaban J connectivity index is 1.45. The van der Waals surface area contributed by atoms with E-state index in [9.17, 15) is 4.79 Å². The summed E-state index contributed by atoms with van der Waals surface area (Å²) in [5, 5.41) is 4.46. The fourth-order valence-electron chi connectivity index (χ4n) is 4.63. The molecule has 3 aromatic carbocycles. The zero-order chi connectivity index (χ0) is 20.5. The lowest BCUT2D eigenvalue weighted by Gasteiger charge is -2.35. The van der Waals surface area contributed by atoms with Gasteiger partial charge in [0.15, 0.2) is 0 Å². The first-order chi connectivity index (χ1) is 14.8. The molecule has 30 heavy (non-hydrogen) atoms. The summed E-state index contributed by atoms with van der Waals surface area (Å²) in [5.74, 6) is 0. The lowest BCUT2D eigenvalue weighted by molar-refractivity contribution is 0.179. The van der Waals surface area contributed by atoms with Crippen molar-refractivity contribution in [2.75, 3.05) is 11.9 Å². The van der Waals surface area contributed by atoms with Crippen LogP contribution in [0.1, 0.15) is 30.6 Å². The highest BCUT2D eigenvalue weighted by Crippen LogP contribution is 2.37. The van der Waals surface area contributed by atoms with Crippen molar-refractivity contribution >= 4 is 22.6 Å². The Hall–Kier alpha value is -3.53. The quantitative estimate of drug-likeness (QED) is 0.416. The molecule has 0 aliphatic carbocycles. The Morgan fingerprint density at radius 3 is 2.57 bits per heavy atom. The maximum atomic E-state index is 13.3. The van der Waals surface area contributed by atoms with E-state index in [0.717, 1.165) is 35.2 Å². The summed E-state index contributed by atoms with van der Waals surface area (Å²) in [6, 6.07) is 26.6. The zero-order valence-corrected chi connectivity index (χ0v) is 17.1. The van der Waals surface area contributed by atoms with E-state index in [4.69, 9.17) is 0 Å². The standard InChI is InChI=1S/C26H25N3O/c1-2-24-25-21(20-13-7-9-15-23(20)27-25)16-17-29(24)26(30)28-22-14-8-6-12-19(22)18-10-4-3-5-11-18/h3-15,24,27H,2,16-17H2,1H3,(H,28,30). The molecule has 0 fully saturated rings. The number of H-pyrrole nitrogens is 1. The molecule has 1 aliphatic rings. The summed E-state index contributed by atoms with van der Waals surface area (Å²) in [6.07, 6.45) is 1.73. The highest BCUT2D eigenvalue weighted by atomic mass is 16.2. The fraction of sp³-hybridized carbons (Fsp3) is 0.192. The maximum Gasteiger partial charge on any atom is 0.322 e. The van der Waals surface area contributed by atoms with Crippen LogP contribution in [0.5, 0.6) is 0 Å². The average Bonchev–Trinajstić information content (AvgIpc) is 3.18. The van der Waals surface area contributed by atoms with Gasteiger partial charge in [0.2, 0.25) is 0 Å². The lowest BCUT2D eigenvalue weighted by atomic mass is 9.96. The van der Waals surface area contributed by atoms with Crippen LogP contribution in [0.3, 0.4) is 0 Å². The van der Waals surface area contributed by atoms with Crippen LogP contribution in [0, 0.1) is 0 Å². The second kappa shape index (κ2) is 7.71. The molecular formula is C26H25N3O. The molecule has 4 heteroatoms. The number of benzene rings is 3. The number of anilines is 1. The van der Waals surface area contributed by atoms with Crippen molar-refractivity contribution in [2.24, 2.45) is 0 Å². The topological polar surface area (TPSA) is 48.1 Å². The Morgan fingerprint density at radius 1 is 1.00 bits per heavy atom. The van der Waals surface area contributed by atoms with Crippen LogP contribution in [0.4, 0.5) is 10.5 Å². The predicted octanol–water partition coefficient (Wildman–Crippen LogP) is 6.38. The van der Waals surface area contributed by atoms with Gasteiger partial charge in [0.1, 0.15) is 0 Å². The van der Waals surface area contributed by atoms with Gasteiger partial charge in [-0.25, -0.2) is 4.79 Å². The number of nitrogens with zero attached hydrogens (tertiary/aromatic N) is 1. The Morgan fingerprint density at radius 2 is 1.73 bits per heavy atom. The van der Waals surface area contributed by atoms with Gasteiger partial charge < -0.3 is 15.2 Å². The largest absolute Gasteiger partial charge is 0.356 e. The van der Waals surface area contributed by atoms with Gasteiger partial charge in [-0.1, -0.05) is 73.7 Å². The first kappa shape index (κ1) is 18.5. The zero-order valence-electron chi connectivity index (χ0n) is 17.1. The predicted molar refractivity (Wildman–Crippen MR) is 123 cm³/mol. The molecule has 0 radical (unpaired) electrons. The van der Waals surface area contributed by atoms with Crippen LogP contribution in [-0.4, -0.2) is 22.5 Å². The number of hydrogen-bond donors (Lipinski definition) is 2. The number of aromatic nitrogens is 1. The van der Waals surface area contributed by atoms with Crippen LogP contribution in [-0.2, 0) is 6.42 Å². The highest BCUT2D eigenvalue weighted by Gasteiger charge is 2.32. The molecular weight excluding hydrogens is 370 g/mol. The minimum Gasteiger partial charge on any atom is -0.356 e. The van der Waals surface area contributed by atoms with Crippen molar-refractivity contribution in [2.45, 2.75) is 25.8 Å². The smallest absolute Gasteiger partial charge is 0.322 e. The van der Waals surface area contributed by atoms with Crippen molar-refractivity contribution in [3.05, 3.63) is 90.1 Å². The third-order valence-electron chi connectivity index (χ3n) is 6.06. The number of hydrogen-bond acceptors (Lipinski definition) is 1. The summed E-state index contributed by atoms with van der Waals surface area (Å²) in [4.78, 5) is 18.9. The van der Waals surface area contributed by atoms with Crippen LogP contribution in [0.25, 0.3) is 22.0 Å². The number of urea groups is 1. The van der Waals surface area contributed by atoms with E-state index in [1.807, 2.05) is 47.4 Å². The molecule has 0 saturated heterocycles. The van der Waals surface area contributed by atoms with Crippen LogP contribution in [0.2, 0.25) is 0 Å². The molecule has 0 spiro atoms. The van der Waals surface area contributed by atoms with Crippen molar-refractivity contribution < 1.29 is 4.79 Å². The second-order valence-electron chi connectivity index (χ2n) is 7.77. The third-order valence-corrected chi connectivity index (χ3v) is 6.06. The summed E-state index contributed by atoms with van der Waals surface area (Å²) >= 11 is 0. The van der Waals surface area contributed by atoms with Crippen molar-refractivity contribution in [3.8, 4) is 11.1 Å². The third kappa shape index (κ3) is 3.14. The van der Waals surface area contributed by atoms with Crippen LogP contribution >= 0.6 is 0 Å². The molecule has 150 valence electrons. The normalized spacial score (nSPS) is 15.8. The summed E-state index contributed by atoms with van der Waals surface area (Å²) in [7, 11) is 0. The molecule has 1 atom stereocenters. The summed E-state index contributed by atoms with van der Waals surface area (Å²) < 4.78 is 0. The molecule has 2 N–H and O–H groups in total. The number of fused-ring (bicyclic) bond motifs is 3. The van der Waals surface area contributed by atoms with Crippen LogP contribution in [0.15, 0.2) is 78.9 Å². The SMILES string of the molecule is CCC1c2[nH]c3ccccc3c2CCN1C(=O)Nc1ccccc1-c1ccccc1. The molecule has 1 unspecified atom stereocenters. The van der Waals surface area contributed by atoms with E-state index in [1.54, 1.807) is 0 Å². The van der Waals surface area contributed by atoms with E-state index in [2.05, 4.69) is 53.6 Å². The Kier molecular flexibility index (Phi) is 4.75. The maximum absolute atomic E-state index is 13.3. The first-order valence-electron chi connectivity index (χ1n) is 10.6. The van der Waals surface area contributed by atoms with E-state index < -0.39 is 0 Å². The van der Waals surface area contributed by atoms with Gasteiger partial charge in [-0.15, -0.1) is 0 Å². The van der Waals surface area contributed by atoms with E-state index >= 15 is 0 Å². The Labute approximate surface area is 176 Å². The van der Waals surface area contributed by atoms with E-state index in [-0.39, 0.29) is 12.1 Å². The second-order valence-corrected chi connectivity index (χ2v) is 7.77. The monoisotopic (exact) mass is 395 g/mol. The number of aromatic amines is 1. The molecule has 4 aromatic rings.